The SMILES string of the molecule is CCC1C2(C)OC(=N)C1(C#N)C(C#N)(C#N)C(c1ccc(C)cc1)O2. The van der Waals surface area contributed by atoms with Crippen LogP contribution in [0.5, 0.6) is 0 Å². The monoisotopic (exact) mass is 334 g/mol. The Morgan fingerprint density at radius 2 is 1.72 bits per heavy atom. The number of fused-ring (bicyclic) bond motifs is 2. The topological polar surface area (TPSA) is 114 Å². The predicted molar refractivity (Wildman–Crippen MR) is 87.7 cm³/mol. The molecule has 3 rings (SSSR count). The van der Waals surface area contributed by atoms with Gasteiger partial charge in [0, 0.05) is 6.92 Å². The van der Waals surface area contributed by atoms with Crippen molar-refractivity contribution in [3.63, 3.8) is 0 Å². The van der Waals surface area contributed by atoms with Gasteiger partial charge in [-0.1, -0.05) is 36.8 Å². The van der Waals surface area contributed by atoms with Gasteiger partial charge < -0.3 is 9.47 Å². The molecule has 6 nitrogen and oxygen atoms in total. The lowest BCUT2D eigenvalue weighted by Crippen LogP contribution is -2.58. The molecule has 2 heterocycles. The summed E-state index contributed by atoms with van der Waals surface area (Å²) in [6.45, 7) is 5.45. The lowest BCUT2D eigenvalue weighted by Gasteiger charge is -2.48. The van der Waals surface area contributed by atoms with Gasteiger partial charge in [-0.15, -0.1) is 0 Å². The molecule has 2 saturated heterocycles. The van der Waals surface area contributed by atoms with Gasteiger partial charge in [-0.3, -0.25) is 5.41 Å². The van der Waals surface area contributed by atoms with Gasteiger partial charge in [-0.05, 0) is 18.9 Å². The van der Waals surface area contributed by atoms with E-state index < -0.39 is 28.6 Å². The molecule has 0 aromatic heterocycles. The van der Waals surface area contributed by atoms with Crippen molar-refractivity contribution in [2.45, 2.75) is 39.1 Å². The van der Waals surface area contributed by atoms with Crippen LogP contribution in [0.4, 0.5) is 0 Å². The molecule has 2 aliphatic rings. The Hall–Kier alpha value is -2.88. The number of nitriles is 3. The van der Waals surface area contributed by atoms with Crippen LogP contribution in [0.2, 0.25) is 0 Å². The molecule has 2 aliphatic heterocycles. The lowest BCUT2D eigenvalue weighted by molar-refractivity contribution is -0.273. The van der Waals surface area contributed by atoms with Crippen LogP contribution in [0.3, 0.4) is 0 Å². The molecule has 25 heavy (non-hydrogen) atoms. The van der Waals surface area contributed by atoms with Gasteiger partial charge in [0.1, 0.15) is 6.10 Å². The Morgan fingerprint density at radius 3 is 2.20 bits per heavy atom. The van der Waals surface area contributed by atoms with Crippen molar-refractivity contribution in [3.05, 3.63) is 35.4 Å². The molecular formula is C19H18N4O2. The Morgan fingerprint density at radius 1 is 1.12 bits per heavy atom. The quantitative estimate of drug-likeness (QED) is 0.890. The molecule has 4 atom stereocenters. The van der Waals surface area contributed by atoms with E-state index in [0.29, 0.717) is 12.0 Å². The van der Waals surface area contributed by atoms with Gasteiger partial charge in [0.25, 0.3) is 0 Å². The predicted octanol–water partition coefficient (Wildman–Crippen LogP) is 3.36. The smallest absolute Gasteiger partial charge is 0.214 e. The first kappa shape index (κ1) is 17.0. The Bertz CT molecular complexity index is 843. The van der Waals surface area contributed by atoms with Crippen LogP contribution < -0.4 is 0 Å². The highest BCUT2D eigenvalue weighted by Gasteiger charge is 2.78. The minimum absolute atomic E-state index is 0.359. The van der Waals surface area contributed by atoms with Gasteiger partial charge in [-0.25, -0.2) is 0 Å². The van der Waals surface area contributed by atoms with E-state index in [1.54, 1.807) is 19.1 Å². The van der Waals surface area contributed by atoms with Crippen molar-refractivity contribution < 1.29 is 9.47 Å². The van der Waals surface area contributed by atoms with Crippen LogP contribution in [-0.2, 0) is 9.47 Å². The first-order valence-corrected chi connectivity index (χ1v) is 8.11. The molecule has 1 aromatic rings. The van der Waals surface area contributed by atoms with E-state index in [2.05, 4.69) is 6.07 Å². The van der Waals surface area contributed by atoms with E-state index in [9.17, 15) is 15.8 Å². The molecule has 0 amide bonds. The second-order valence-electron chi connectivity index (χ2n) is 6.77. The second-order valence-corrected chi connectivity index (χ2v) is 6.77. The van der Waals surface area contributed by atoms with Gasteiger partial charge >= 0.3 is 0 Å². The second kappa shape index (κ2) is 5.31. The van der Waals surface area contributed by atoms with Crippen LogP contribution in [0.15, 0.2) is 24.3 Å². The van der Waals surface area contributed by atoms with Crippen molar-refractivity contribution in [1.82, 2.24) is 0 Å². The molecule has 126 valence electrons. The van der Waals surface area contributed by atoms with Crippen LogP contribution in [0, 0.1) is 63.1 Å². The maximum Gasteiger partial charge on any atom is 0.214 e. The zero-order chi connectivity index (χ0) is 18.5. The van der Waals surface area contributed by atoms with Crippen molar-refractivity contribution in [3.8, 4) is 18.2 Å². The molecule has 2 bridgehead atoms. The third kappa shape index (κ3) is 1.82. The summed E-state index contributed by atoms with van der Waals surface area (Å²) < 4.78 is 11.8. The van der Waals surface area contributed by atoms with Gasteiger partial charge in [-0.2, -0.15) is 15.8 Å². The third-order valence-corrected chi connectivity index (χ3v) is 5.50. The Balaban J connectivity index is 2.32. The fourth-order valence-electron chi connectivity index (χ4n) is 4.27. The fourth-order valence-corrected chi connectivity index (χ4v) is 4.27. The number of benzene rings is 1. The maximum absolute atomic E-state index is 10.0. The van der Waals surface area contributed by atoms with E-state index in [1.165, 1.54) is 0 Å². The van der Waals surface area contributed by atoms with Crippen molar-refractivity contribution in [2.24, 2.45) is 16.7 Å². The first-order chi connectivity index (χ1) is 11.8. The standard InChI is InChI=1S/C19H18N4O2/c1-4-14-17(3)24-15(13-7-5-12(2)6-8-13)18(9-20,10-21)19(14,11-22)16(23)25-17/h5-8,14-15,23H,4H2,1-3H3. The molecule has 0 spiro atoms. The van der Waals surface area contributed by atoms with E-state index >= 15 is 0 Å². The summed E-state index contributed by atoms with van der Waals surface area (Å²) in [7, 11) is 0. The molecule has 0 saturated carbocycles. The average Bonchev–Trinajstić information content (AvgIpc) is 2.78. The molecule has 2 fully saturated rings. The minimum Gasteiger partial charge on any atom is -0.448 e. The zero-order valence-corrected chi connectivity index (χ0v) is 14.3. The number of hydrogen-bond acceptors (Lipinski definition) is 6. The van der Waals surface area contributed by atoms with Crippen molar-refractivity contribution >= 4 is 5.90 Å². The summed E-state index contributed by atoms with van der Waals surface area (Å²) in [5.41, 5.74) is -1.90. The number of ether oxygens (including phenoxy) is 2. The number of nitrogens with zero attached hydrogens (tertiary/aromatic N) is 3. The summed E-state index contributed by atoms with van der Waals surface area (Å²) in [5.74, 6) is -2.17. The van der Waals surface area contributed by atoms with Crippen molar-refractivity contribution in [2.75, 3.05) is 0 Å². The van der Waals surface area contributed by atoms with E-state index in [-0.39, 0.29) is 5.90 Å². The van der Waals surface area contributed by atoms with Crippen molar-refractivity contribution in [1.29, 1.82) is 21.2 Å². The van der Waals surface area contributed by atoms with Gasteiger partial charge in [0.05, 0.1) is 24.1 Å². The first-order valence-electron chi connectivity index (χ1n) is 8.11. The van der Waals surface area contributed by atoms with Crippen LogP contribution in [0.1, 0.15) is 37.5 Å². The molecule has 4 unspecified atom stereocenters. The van der Waals surface area contributed by atoms with Gasteiger partial charge in [0.2, 0.25) is 17.1 Å². The highest BCUT2D eigenvalue weighted by atomic mass is 16.7. The number of hydrogen-bond donors (Lipinski definition) is 1. The van der Waals surface area contributed by atoms with Crippen LogP contribution >= 0.6 is 0 Å². The normalized spacial score (nSPS) is 35.1. The minimum atomic E-state index is -1.87. The highest BCUT2D eigenvalue weighted by Crippen LogP contribution is 2.67. The average molecular weight is 334 g/mol. The fraction of sp³-hybridized carbons (Fsp3) is 0.474. The zero-order valence-electron chi connectivity index (χ0n) is 14.3. The summed E-state index contributed by atoms with van der Waals surface area (Å²) >= 11 is 0. The molecular weight excluding hydrogens is 316 g/mol. The molecule has 1 aromatic carbocycles. The van der Waals surface area contributed by atoms with Crippen LogP contribution in [0.25, 0.3) is 0 Å². The summed E-state index contributed by atoms with van der Waals surface area (Å²) in [4.78, 5) is 0. The van der Waals surface area contributed by atoms with Crippen LogP contribution in [-0.4, -0.2) is 11.7 Å². The molecule has 1 N–H and O–H groups in total. The molecule has 0 radical (unpaired) electrons. The van der Waals surface area contributed by atoms with E-state index in [1.807, 2.05) is 38.1 Å². The van der Waals surface area contributed by atoms with E-state index in [0.717, 1.165) is 5.56 Å². The maximum atomic E-state index is 10.0. The Labute approximate surface area is 146 Å². The summed E-state index contributed by atoms with van der Waals surface area (Å²) in [6, 6.07) is 13.5. The van der Waals surface area contributed by atoms with E-state index in [4.69, 9.17) is 14.9 Å². The largest absolute Gasteiger partial charge is 0.448 e. The summed E-state index contributed by atoms with van der Waals surface area (Å²) in [6.07, 6.45) is -0.545. The Kier molecular flexibility index (Phi) is 3.60. The lowest BCUT2D eigenvalue weighted by atomic mass is 9.53. The molecule has 0 aliphatic carbocycles. The van der Waals surface area contributed by atoms with Gasteiger partial charge in [0.15, 0.2) is 5.41 Å². The summed E-state index contributed by atoms with van der Waals surface area (Å²) in [5, 5.41) is 38.3. The highest BCUT2D eigenvalue weighted by molar-refractivity contribution is 5.89. The third-order valence-electron chi connectivity index (χ3n) is 5.50. The number of rotatable bonds is 2. The molecule has 6 heteroatoms. The number of nitrogens with one attached hydrogen (secondary N) is 1. The number of aryl methyl sites for hydroxylation is 1.